The fourth-order valence-corrected chi connectivity index (χ4v) is 1.91. The van der Waals surface area contributed by atoms with Gasteiger partial charge >= 0.3 is 0 Å². The molecular weight excluding hydrogens is 188 g/mol. The van der Waals surface area contributed by atoms with Crippen LogP contribution in [-0.4, -0.2) is 15.0 Å². The van der Waals surface area contributed by atoms with Crippen LogP contribution in [0.1, 0.15) is 5.82 Å². The minimum absolute atomic E-state index is 0.934. The lowest BCUT2D eigenvalue weighted by Crippen LogP contribution is -2.28. The third-order valence-corrected chi connectivity index (χ3v) is 2.61. The summed E-state index contributed by atoms with van der Waals surface area (Å²) in [4.78, 5) is 11.9. The molecule has 0 bridgehead atoms. The Morgan fingerprint density at radius 1 is 1.33 bits per heavy atom. The molecule has 3 rings (SSSR count). The van der Waals surface area contributed by atoms with Crippen LogP contribution in [0.4, 0.5) is 0 Å². The van der Waals surface area contributed by atoms with Crippen molar-refractivity contribution in [2.75, 3.05) is 0 Å². The number of benzene rings is 1. The lowest BCUT2D eigenvalue weighted by atomic mass is 10.2. The number of hydrogen-bond acceptors (Lipinski definition) is 2. The van der Waals surface area contributed by atoms with E-state index in [-0.39, 0.29) is 0 Å². The average Bonchev–Trinajstić information content (AvgIpc) is 2.59. The van der Waals surface area contributed by atoms with Crippen molar-refractivity contribution < 1.29 is 4.57 Å². The Balaban J connectivity index is 2.59. The number of hydrogen-bond donors (Lipinski definition) is 1. The normalized spacial score (nSPS) is 11.3. The molecule has 0 unspecified atom stereocenters. The summed E-state index contributed by atoms with van der Waals surface area (Å²) in [5.41, 5.74) is 3.20. The predicted molar refractivity (Wildman–Crippen MR) is 57.3 cm³/mol. The van der Waals surface area contributed by atoms with E-state index in [2.05, 4.69) is 27.1 Å². The first kappa shape index (κ1) is 8.35. The highest BCUT2D eigenvalue weighted by molar-refractivity contribution is 6.00. The molecule has 0 atom stereocenters. The fourth-order valence-electron chi connectivity index (χ4n) is 1.91. The van der Waals surface area contributed by atoms with Crippen molar-refractivity contribution in [1.82, 2.24) is 15.0 Å². The Kier molecular flexibility index (Phi) is 1.54. The van der Waals surface area contributed by atoms with Crippen LogP contribution in [0.15, 0.2) is 24.7 Å². The van der Waals surface area contributed by atoms with Crippen molar-refractivity contribution in [2.45, 2.75) is 6.92 Å². The summed E-state index contributed by atoms with van der Waals surface area (Å²) >= 11 is 0. The summed E-state index contributed by atoms with van der Waals surface area (Å²) in [6.45, 7) is 1.96. The molecule has 2 heterocycles. The molecule has 3 aromatic rings. The minimum Gasteiger partial charge on any atom is -0.342 e. The third-order valence-electron chi connectivity index (χ3n) is 2.61. The summed E-state index contributed by atoms with van der Waals surface area (Å²) in [7, 11) is 1.99. The standard InChI is InChI=1S/C11H10N4/c1-7-13-9-3-4-10-8(11(9)14-7)5-12-6-15(10)2/h3-6H,1-2H3/p+1. The smallest absolute Gasteiger partial charge is 0.286 e. The van der Waals surface area contributed by atoms with Gasteiger partial charge in [0.25, 0.3) is 6.33 Å². The first-order valence-electron chi connectivity index (χ1n) is 4.84. The molecule has 0 saturated heterocycles. The lowest BCUT2D eigenvalue weighted by molar-refractivity contribution is -0.647. The quantitative estimate of drug-likeness (QED) is 0.554. The summed E-state index contributed by atoms with van der Waals surface area (Å²) in [6.07, 6.45) is 3.66. The Bertz CT molecular complexity index is 654. The molecule has 4 heteroatoms. The maximum absolute atomic E-state index is 4.47. The van der Waals surface area contributed by atoms with Crippen molar-refractivity contribution in [3.63, 3.8) is 0 Å². The van der Waals surface area contributed by atoms with Gasteiger partial charge < -0.3 is 4.98 Å². The summed E-state index contributed by atoms with van der Waals surface area (Å²) in [5.74, 6) is 0.934. The summed E-state index contributed by atoms with van der Waals surface area (Å²) in [5, 5.41) is 1.09. The van der Waals surface area contributed by atoms with Crippen LogP contribution in [-0.2, 0) is 7.05 Å². The number of fused-ring (bicyclic) bond motifs is 3. The number of aromatic amines is 1. The molecule has 15 heavy (non-hydrogen) atoms. The van der Waals surface area contributed by atoms with E-state index in [1.54, 1.807) is 6.33 Å². The zero-order chi connectivity index (χ0) is 10.4. The Morgan fingerprint density at radius 3 is 3.07 bits per heavy atom. The highest BCUT2D eigenvalue weighted by atomic mass is 15.0. The molecule has 0 aliphatic heterocycles. The largest absolute Gasteiger partial charge is 0.342 e. The first-order chi connectivity index (χ1) is 7.25. The number of imidazole rings is 1. The van der Waals surface area contributed by atoms with Gasteiger partial charge in [0.05, 0.1) is 18.0 Å². The van der Waals surface area contributed by atoms with Gasteiger partial charge in [0.2, 0.25) is 0 Å². The third kappa shape index (κ3) is 1.11. The van der Waals surface area contributed by atoms with Crippen molar-refractivity contribution >= 4 is 21.9 Å². The van der Waals surface area contributed by atoms with Crippen LogP contribution < -0.4 is 4.57 Å². The van der Waals surface area contributed by atoms with Crippen molar-refractivity contribution in [3.8, 4) is 0 Å². The van der Waals surface area contributed by atoms with Gasteiger partial charge in [0, 0.05) is 0 Å². The molecule has 1 N–H and O–H groups in total. The second-order valence-electron chi connectivity index (χ2n) is 3.72. The zero-order valence-electron chi connectivity index (χ0n) is 8.65. The molecule has 0 spiro atoms. The van der Waals surface area contributed by atoms with Crippen LogP contribution in [0.5, 0.6) is 0 Å². The molecule has 0 saturated carbocycles. The number of aryl methyl sites for hydroxylation is 2. The topological polar surface area (TPSA) is 45.5 Å². The van der Waals surface area contributed by atoms with E-state index in [1.165, 1.54) is 0 Å². The van der Waals surface area contributed by atoms with E-state index in [1.807, 2.05) is 24.7 Å². The van der Waals surface area contributed by atoms with Gasteiger partial charge in [0.15, 0.2) is 6.20 Å². The van der Waals surface area contributed by atoms with Crippen molar-refractivity contribution in [1.29, 1.82) is 0 Å². The monoisotopic (exact) mass is 199 g/mol. The van der Waals surface area contributed by atoms with Crippen molar-refractivity contribution in [3.05, 3.63) is 30.5 Å². The number of aromatic nitrogens is 4. The van der Waals surface area contributed by atoms with E-state index in [0.717, 1.165) is 27.8 Å². The summed E-state index contributed by atoms with van der Waals surface area (Å²) in [6, 6.07) is 4.13. The van der Waals surface area contributed by atoms with E-state index >= 15 is 0 Å². The second-order valence-corrected chi connectivity index (χ2v) is 3.72. The maximum atomic E-state index is 4.47. The van der Waals surface area contributed by atoms with Crippen LogP contribution in [0.2, 0.25) is 0 Å². The molecule has 2 aromatic heterocycles. The molecule has 0 fully saturated rings. The molecule has 4 nitrogen and oxygen atoms in total. The molecule has 1 aromatic carbocycles. The van der Waals surface area contributed by atoms with Crippen LogP contribution >= 0.6 is 0 Å². The van der Waals surface area contributed by atoms with Gasteiger partial charge in [0.1, 0.15) is 16.9 Å². The maximum Gasteiger partial charge on any atom is 0.286 e. The van der Waals surface area contributed by atoms with E-state index in [4.69, 9.17) is 0 Å². The molecular formula is C11H11N4+. The van der Waals surface area contributed by atoms with Gasteiger partial charge in [-0.1, -0.05) is 4.98 Å². The van der Waals surface area contributed by atoms with Gasteiger partial charge in [-0.05, 0) is 19.1 Å². The number of H-pyrrole nitrogens is 1. The Labute approximate surface area is 86.6 Å². The first-order valence-corrected chi connectivity index (χ1v) is 4.84. The fraction of sp³-hybridized carbons (Fsp3) is 0.182. The number of nitrogens with one attached hydrogen (secondary N) is 1. The summed E-state index contributed by atoms with van der Waals surface area (Å²) < 4.78 is 2.00. The predicted octanol–water partition coefficient (Wildman–Crippen LogP) is 1.24. The van der Waals surface area contributed by atoms with E-state index < -0.39 is 0 Å². The number of nitrogens with zero attached hydrogens (tertiary/aromatic N) is 3. The Hall–Kier alpha value is -1.97. The lowest BCUT2D eigenvalue weighted by Gasteiger charge is -1.96. The SMILES string of the molecule is Cc1nc2c(ccc3c2cnc[n+]3C)[nH]1. The van der Waals surface area contributed by atoms with Gasteiger partial charge in [-0.25, -0.2) is 9.55 Å². The molecule has 0 radical (unpaired) electrons. The Morgan fingerprint density at radius 2 is 2.20 bits per heavy atom. The number of rotatable bonds is 0. The van der Waals surface area contributed by atoms with Crippen molar-refractivity contribution in [2.24, 2.45) is 7.05 Å². The molecule has 0 aliphatic carbocycles. The van der Waals surface area contributed by atoms with E-state index in [0.29, 0.717) is 0 Å². The van der Waals surface area contributed by atoms with Gasteiger partial charge in [-0.3, -0.25) is 0 Å². The van der Waals surface area contributed by atoms with Crippen LogP contribution in [0.3, 0.4) is 0 Å². The molecule has 0 aliphatic rings. The van der Waals surface area contributed by atoms with Gasteiger partial charge in [-0.2, -0.15) is 0 Å². The zero-order valence-corrected chi connectivity index (χ0v) is 8.65. The minimum atomic E-state index is 0.934. The average molecular weight is 199 g/mol. The van der Waals surface area contributed by atoms with Crippen LogP contribution in [0, 0.1) is 6.92 Å². The highest BCUT2D eigenvalue weighted by Crippen LogP contribution is 2.19. The molecule has 0 amide bonds. The second kappa shape index (κ2) is 2.76. The van der Waals surface area contributed by atoms with Gasteiger partial charge in [-0.15, -0.1) is 0 Å². The van der Waals surface area contributed by atoms with E-state index in [9.17, 15) is 0 Å². The highest BCUT2D eigenvalue weighted by Gasteiger charge is 2.09. The van der Waals surface area contributed by atoms with Crippen LogP contribution in [0.25, 0.3) is 21.9 Å². The molecule has 74 valence electrons.